The van der Waals surface area contributed by atoms with Gasteiger partial charge in [-0.05, 0) is 43.6 Å². The van der Waals surface area contributed by atoms with Gasteiger partial charge < -0.3 is 5.73 Å². The quantitative estimate of drug-likeness (QED) is 0.530. The number of anilines is 1. The molecule has 1 fully saturated rings. The molecule has 1 aromatic heterocycles. The van der Waals surface area contributed by atoms with Crippen molar-refractivity contribution in [2.24, 2.45) is 5.73 Å². The fraction of sp³-hybridized carbons (Fsp3) is 0.333. The molecule has 0 bridgehead atoms. The lowest BCUT2D eigenvalue weighted by molar-refractivity contribution is 0.244. The summed E-state index contributed by atoms with van der Waals surface area (Å²) in [5.41, 5.74) is 13.5. The summed E-state index contributed by atoms with van der Waals surface area (Å²) in [5.74, 6) is 0. The van der Waals surface area contributed by atoms with E-state index in [1.54, 1.807) is 4.90 Å². The summed E-state index contributed by atoms with van der Waals surface area (Å²) in [6.45, 7) is 4.90. The second kappa shape index (κ2) is 7.61. The zero-order valence-electron chi connectivity index (χ0n) is 17.3. The van der Waals surface area contributed by atoms with E-state index in [4.69, 9.17) is 5.73 Å². The molecular weight excluding hydrogens is 374 g/mol. The van der Waals surface area contributed by atoms with Crippen LogP contribution < -0.4 is 10.6 Å². The number of benzene rings is 2. The van der Waals surface area contributed by atoms with Crippen molar-refractivity contribution in [2.45, 2.75) is 32.2 Å². The highest BCUT2D eigenvalue weighted by molar-refractivity contribution is 5.91. The van der Waals surface area contributed by atoms with E-state index in [0.717, 1.165) is 48.6 Å². The summed E-state index contributed by atoms with van der Waals surface area (Å²) in [4.78, 5) is 16.3. The molecule has 3 aromatic rings. The highest BCUT2D eigenvalue weighted by atomic mass is 16.2. The Bertz CT molecular complexity index is 1070. The third-order valence-electron chi connectivity index (χ3n) is 6.54. The third kappa shape index (κ3) is 3.17. The number of rotatable bonds is 5. The number of fused-ring (bicyclic) bond motifs is 3. The minimum atomic E-state index is -0.401. The van der Waals surface area contributed by atoms with E-state index in [2.05, 4.69) is 46.3 Å². The first kappa shape index (κ1) is 18.9. The smallest absolute Gasteiger partial charge is 0.319 e. The molecule has 1 unspecified atom stereocenters. The highest BCUT2D eigenvalue weighted by Crippen LogP contribution is 2.40. The predicted molar refractivity (Wildman–Crippen MR) is 119 cm³/mol. The summed E-state index contributed by atoms with van der Waals surface area (Å²) < 4.78 is 0. The molecule has 2 aliphatic rings. The molecule has 0 spiro atoms. The van der Waals surface area contributed by atoms with Crippen LogP contribution in [0.4, 0.5) is 10.5 Å². The molecule has 3 N–H and O–H groups in total. The predicted octanol–water partition coefficient (Wildman–Crippen LogP) is 4.02. The molecule has 6 heteroatoms. The number of nitrogens with two attached hydrogens (primary N) is 1. The van der Waals surface area contributed by atoms with E-state index in [0.29, 0.717) is 12.6 Å². The lowest BCUT2D eigenvalue weighted by Crippen LogP contribution is -2.45. The Morgan fingerprint density at radius 3 is 2.80 bits per heavy atom. The van der Waals surface area contributed by atoms with E-state index < -0.39 is 6.03 Å². The second-order valence-corrected chi connectivity index (χ2v) is 8.18. The highest BCUT2D eigenvalue weighted by Gasteiger charge is 2.28. The van der Waals surface area contributed by atoms with Crippen molar-refractivity contribution >= 4 is 11.7 Å². The van der Waals surface area contributed by atoms with Crippen molar-refractivity contribution < 1.29 is 4.79 Å². The van der Waals surface area contributed by atoms with Crippen molar-refractivity contribution in [3.63, 3.8) is 0 Å². The number of carbonyl (C=O) groups excluding carboxylic acids is 1. The number of H-pyrrole nitrogens is 1. The van der Waals surface area contributed by atoms with Gasteiger partial charge in [0.1, 0.15) is 0 Å². The molecule has 1 atom stereocenters. The monoisotopic (exact) mass is 401 g/mol. The molecule has 6 nitrogen and oxygen atoms in total. The number of nitrogens with one attached hydrogen (secondary N) is 1. The fourth-order valence-corrected chi connectivity index (χ4v) is 4.96. The van der Waals surface area contributed by atoms with E-state index >= 15 is 0 Å². The number of aromatic amines is 1. The molecule has 1 saturated heterocycles. The van der Waals surface area contributed by atoms with Gasteiger partial charge in [0.15, 0.2) is 0 Å². The molecule has 154 valence electrons. The van der Waals surface area contributed by atoms with Gasteiger partial charge in [-0.25, -0.2) is 4.79 Å². The fourth-order valence-electron chi connectivity index (χ4n) is 4.96. The summed E-state index contributed by atoms with van der Waals surface area (Å²) in [5, 5.41) is 7.80. The first-order chi connectivity index (χ1) is 14.7. The van der Waals surface area contributed by atoms with Crippen molar-refractivity contribution in [3.05, 3.63) is 59.7 Å². The molecule has 1 aliphatic carbocycles. The number of amides is 2. The standard InChI is InChI=1S/C24H27N5O/c1-2-28-13-5-7-19(28)15-29(24(25)30)18-11-9-16(10-12-18)22-21-14-17-6-3-4-8-20(17)23(21)27-26-22/h3-4,6,8-12,19H,2,5,7,13-15H2,1H3,(H2,25,30)(H,26,27). The minimum absolute atomic E-state index is 0.371. The average molecular weight is 402 g/mol. The van der Waals surface area contributed by atoms with E-state index in [-0.39, 0.29) is 0 Å². The van der Waals surface area contributed by atoms with Gasteiger partial charge in [-0.3, -0.25) is 14.9 Å². The van der Waals surface area contributed by atoms with Gasteiger partial charge >= 0.3 is 6.03 Å². The van der Waals surface area contributed by atoms with Gasteiger partial charge in [0, 0.05) is 41.4 Å². The van der Waals surface area contributed by atoms with Crippen LogP contribution in [0.3, 0.4) is 0 Å². The molecule has 30 heavy (non-hydrogen) atoms. The first-order valence-electron chi connectivity index (χ1n) is 10.7. The van der Waals surface area contributed by atoms with Crippen LogP contribution in [0.15, 0.2) is 48.5 Å². The number of nitrogens with zero attached hydrogens (tertiary/aromatic N) is 3. The Balaban J connectivity index is 1.39. The van der Waals surface area contributed by atoms with Gasteiger partial charge in [-0.2, -0.15) is 5.10 Å². The first-order valence-corrected chi connectivity index (χ1v) is 10.7. The normalized spacial score (nSPS) is 17.7. The van der Waals surface area contributed by atoms with Crippen molar-refractivity contribution in [1.82, 2.24) is 15.1 Å². The number of aromatic nitrogens is 2. The zero-order chi connectivity index (χ0) is 20.7. The topological polar surface area (TPSA) is 78.2 Å². The summed E-state index contributed by atoms with van der Waals surface area (Å²) in [7, 11) is 0. The lowest BCUT2D eigenvalue weighted by Gasteiger charge is -2.29. The zero-order valence-corrected chi connectivity index (χ0v) is 17.3. The van der Waals surface area contributed by atoms with Gasteiger partial charge in [0.05, 0.1) is 11.4 Å². The largest absolute Gasteiger partial charge is 0.351 e. The number of hydrogen-bond donors (Lipinski definition) is 2. The van der Waals surface area contributed by atoms with Crippen LogP contribution >= 0.6 is 0 Å². The van der Waals surface area contributed by atoms with Crippen LogP contribution in [0.5, 0.6) is 0 Å². The molecule has 2 heterocycles. The average Bonchev–Trinajstić information content (AvgIpc) is 3.47. The molecule has 5 rings (SSSR count). The third-order valence-corrected chi connectivity index (χ3v) is 6.54. The number of likely N-dealkylation sites (tertiary alicyclic amines) is 1. The van der Waals surface area contributed by atoms with Crippen LogP contribution in [0, 0.1) is 0 Å². The Morgan fingerprint density at radius 1 is 1.23 bits per heavy atom. The maximum absolute atomic E-state index is 12.2. The maximum Gasteiger partial charge on any atom is 0.319 e. The lowest BCUT2D eigenvalue weighted by atomic mass is 10.0. The minimum Gasteiger partial charge on any atom is -0.351 e. The molecule has 2 amide bonds. The maximum atomic E-state index is 12.2. The van der Waals surface area contributed by atoms with Crippen LogP contribution in [-0.4, -0.2) is 46.8 Å². The second-order valence-electron chi connectivity index (χ2n) is 8.18. The molecule has 2 aromatic carbocycles. The van der Waals surface area contributed by atoms with Crippen LogP contribution in [0.25, 0.3) is 22.5 Å². The Morgan fingerprint density at radius 2 is 2.03 bits per heavy atom. The molecule has 1 aliphatic heterocycles. The van der Waals surface area contributed by atoms with Gasteiger partial charge in [0.25, 0.3) is 0 Å². The van der Waals surface area contributed by atoms with Gasteiger partial charge in [-0.1, -0.05) is 43.3 Å². The van der Waals surface area contributed by atoms with Crippen molar-refractivity contribution in [3.8, 4) is 22.5 Å². The van der Waals surface area contributed by atoms with Crippen LogP contribution in [-0.2, 0) is 6.42 Å². The molecule has 0 radical (unpaired) electrons. The Kier molecular flexibility index (Phi) is 4.79. The van der Waals surface area contributed by atoms with Gasteiger partial charge in [-0.15, -0.1) is 0 Å². The van der Waals surface area contributed by atoms with Crippen molar-refractivity contribution in [1.29, 1.82) is 0 Å². The Labute approximate surface area is 176 Å². The van der Waals surface area contributed by atoms with Crippen molar-refractivity contribution in [2.75, 3.05) is 24.5 Å². The number of likely N-dealkylation sites (N-methyl/N-ethyl adjacent to an activating group) is 1. The van der Waals surface area contributed by atoms with E-state index in [1.165, 1.54) is 23.1 Å². The van der Waals surface area contributed by atoms with E-state index in [1.807, 2.05) is 24.3 Å². The van der Waals surface area contributed by atoms with Crippen LogP contribution in [0.1, 0.15) is 30.9 Å². The SMILES string of the molecule is CCN1CCCC1CN(C(N)=O)c1ccc(-c2n[nH]c3c2Cc2ccccc2-3)cc1. The number of urea groups is 1. The molecule has 0 saturated carbocycles. The Hall–Kier alpha value is -3.12. The summed E-state index contributed by atoms with van der Waals surface area (Å²) in [6.07, 6.45) is 3.17. The summed E-state index contributed by atoms with van der Waals surface area (Å²) >= 11 is 0. The number of primary amides is 1. The van der Waals surface area contributed by atoms with Gasteiger partial charge in [0.2, 0.25) is 0 Å². The van der Waals surface area contributed by atoms with Crippen LogP contribution in [0.2, 0.25) is 0 Å². The molecular formula is C24H27N5O. The number of carbonyl (C=O) groups is 1. The summed E-state index contributed by atoms with van der Waals surface area (Å²) in [6, 6.07) is 16.5. The van der Waals surface area contributed by atoms with E-state index in [9.17, 15) is 4.79 Å². The number of hydrogen-bond acceptors (Lipinski definition) is 3.